The van der Waals surface area contributed by atoms with Gasteiger partial charge in [-0.25, -0.2) is 19.7 Å². The second-order valence-electron chi connectivity index (χ2n) is 7.64. The molecule has 6 heteroatoms. The highest BCUT2D eigenvalue weighted by molar-refractivity contribution is 5.89. The van der Waals surface area contributed by atoms with Gasteiger partial charge in [0.2, 0.25) is 0 Å². The summed E-state index contributed by atoms with van der Waals surface area (Å²) >= 11 is 0. The van der Waals surface area contributed by atoms with Crippen LogP contribution in [0.25, 0.3) is 16.9 Å². The number of benzene rings is 1. The lowest BCUT2D eigenvalue weighted by molar-refractivity contribution is 0.0519. The zero-order valence-corrected chi connectivity index (χ0v) is 16.0. The van der Waals surface area contributed by atoms with Crippen LogP contribution in [0.15, 0.2) is 36.8 Å². The van der Waals surface area contributed by atoms with Crippen molar-refractivity contribution in [3.8, 4) is 16.9 Å². The van der Waals surface area contributed by atoms with Crippen LogP contribution in [0, 0.1) is 0 Å². The Labute approximate surface area is 158 Å². The minimum atomic E-state index is -0.403. The summed E-state index contributed by atoms with van der Waals surface area (Å²) in [6.45, 7) is 8.41. The molecule has 27 heavy (non-hydrogen) atoms. The van der Waals surface area contributed by atoms with Crippen molar-refractivity contribution in [3.05, 3.63) is 59.6 Å². The number of nitrogens with zero attached hydrogens (tertiary/aromatic N) is 4. The lowest BCUT2D eigenvalue weighted by atomic mass is 9.94. The van der Waals surface area contributed by atoms with E-state index in [1.807, 2.05) is 35.0 Å². The normalized spacial score (nSPS) is 12.6. The molecular weight excluding hydrogens is 340 g/mol. The summed E-state index contributed by atoms with van der Waals surface area (Å²) in [4.78, 5) is 26.2. The lowest BCUT2D eigenvalue weighted by Gasteiger charge is -2.18. The van der Waals surface area contributed by atoms with Crippen molar-refractivity contribution >= 4 is 5.97 Å². The van der Waals surface area contributed by atoms with Crippen LogP contribution in [0.5, 0.6) is 0 Å². The summed E-state index contributed by atoms with van der Waals surface area (Å²) in [5, 5.41) is 0. The van der Waals surface area contributed by atoms with E-state index in [2.05, 4.69) is 30.7 Å². The molecule has 4 rings (SSSR count). The number of carbonyl (C=O) groups excluding carboxylic acids is 1. The SMILES string of the molecule is CCOC(=O)c1ncn2c1Cc1cnc(C(C)(C)C)nc1-c1ccccc1-2. The molecule has 2 aromatic heterocycles. The average molecular weight is 362 g/mol. The molecule has 0 spiro atoms. The molecule has 0 aliphatic carbocycles. The number of rotatable bonds is 2. The Morgan fingerprint density at radius 3 is 2.74 bits per heavy atom. The van der Waals surface area contributed by atoms with Crippen LogP contribution in [-0.4, -0.2) is 32.1 Å². The van der Waals surface area contributed by atoms with Crippen molar-refractivity contribution in [3.63, 3.8) is 0 Å². The van der Waals surface area contributed by atoms with Crippen molar-refractivity contribution < 1.29 is 9.53 Å². The van der Waals surface area contributed by atoms with Gasteiger partial charge in [0.1, 0.15) is 12.2 Å². The Kier molecular flexibility index (Phi) is 4.06. The Balaban J connectivity index is 1.96. The van der Waals surface area contributed by atoms with E-state index in [9.17, 15) is 4.79 Å². The molecule has 1 aliphatic heterocycles. The summed E-state index contributed by atoms with van der Waals surface area (Å²) in [5.74, 6) is 0.394. The molecule has 1 aromatic carbocycles. The third-order valence-corrected chi connectivity index (χ3v) is 4.65. The number of fused-ring (bicyclic) bond motifs is 5. The molecule has 0 radical (unpaired) electrons. The second-order valence-corrected chi connectivity index (χ2v) is 7.64. The van der Waals surface area contributed by atoms with Gasteiger partial charge in [-0.15, -0.1) is 0 Å². The molecule has 0 bridgehead atoms. The zero-order valence-electron chi connectivity index (χ0n) is 16.0. The Morgan fingerprint density at radius 2 is 2.00 bits per heavy atom. The standard InChI is InChI=1S/C21H22N4O2/c1-5-27-19(26)18-16-10-13-11-22-20(21(2,3)4)24-17(13)14-8-6-7-9-15(14)25(16)12-23-18/h6-9,11-12H,5,10H2,1-4H3. The highest BCUT2D eigenvalue weighted by atomic mass is 16.5. The quantitative estimate of drug-likeness (QED) is 0.509. The predicted octanol–water partition coefficient (Wildman–Crippen LogP) is 3.71. The molecule has 0 saturated heterocycles. The van der Waals surface area contributed by atoms with Crippen LogP contribution >= 0.6 is 0 Å². The van der Waals surface area contributed by atoms with Crippen LogP contribution < -0.4 is 0 Å². The molecular formula is C21H22N4O2. The second kappa shape index (κ2) is 6.30. The number of esters is 1. The number of hydrogen-bond donors (Lipinski definition) is 0. The monoisotopic (exact) mass is 362 g/mol. The molecule has 3 heterocycles. The van der Waals surface area contributed by atoms with Gasteiger partial charge >= 0.3 is 5.97 Å². The molecule has 0 unspecified atom stereocenters. The van der Waals surface area contributed by atoms with Crippen LogP contribution in [-0.2, 0) is 16.6 Å². The first kappa shape index (κ1) is 17.4. The number of imidazole rings is 1. The fourth-order valence-corrected chi connectivity index (χ4v) is 3.32. The van der Waals surface area contributed by atoms with Crippen molar-refractivity contribution in [1.29, 1.82) is 0 Å². The largest absolute Gasteiger partial charge is 0.461 e. The topological polar surface area (TPSA) is 69.9 Å². The van der Waals surface area contributed by atoms with E-state index in [4.69, 9.17) is 9.72 Å². The highest BCUT2D eigenvalue weighted by Crippen LogP contribution is 2.35. The molecule has 3 aromatic rings. The first-order valence-corrected chi connectivity index (χ1v) is 9.09. The molecule has 6 nitrogen and oxygen atoms in total. The minimum Gasteiger partial charge on any atom is -0.461 e. The molecule has 0 N–H and O–H groups in total. The maximum Gasteiger partial charge on any atom is 0.358 e. The van der Waals surface area contributed by atoms with E-state index in [-0.39, 0.29) is 5.41 Å². The van der Waals surface area contributed by atoms with Crippen molar-refractivity contribution in [1.82, 2.24) is 19.5 Å². The first-order chi connectivity index (χ1) is 12.9. The van der Waals surface area contributed by atoms with Gasteiger partial charge in [-0.3, -0.25) is 0 Å². The predicted molar refractivity (Wildman–Crippen MR) is 102 cm³/mol. The molecule has 1 aliphatic rings. The summed E-state index contributed by atoms with van der Waals surface area (Å²) in [5.41, 5.74) is 4.83. The smallest absolute Gasteiger partial charge is 0.358 e. The van der Waals surface area contributed by atoms with E-state index in [0.717, 1.165) is 34.0 Å². The molecule has 0 atom stereocenters. The number of para-hydroxylation sites is 1. The number of hydrogen-bond acceptors (Lipinski definition) is 5. The van der Waals surface area contributed by atoms with E-state index in [0.29, 0.717) is 18.7 Å². The fraction of sp³-hybridized carbons (Fsp3) is 0.333. The van der Waals surface area contributed by atoms with Gasteiger partial charge in [-0.2, -0.15) is 0 Å². The molecule has 0 saturated carbocycles. The van der Waals surface area contributed by atoms with Gasteiger partial charge < -0.3 is 9.30 Å². The van der Waals surface area contributed by atoms with E-state index >= 15 is 0 Å². The summed E-state index contributed by atoms with van der Waals surface area (Å²) in [7, 11) is 0. The van der Waals surface area contributed by atoms with Gasteiger partial charge in [0.05, 0.1) is 23.7 Å². The average Bonchev–Trinajstić information content (AvgIpc) is 2.99. The highest BCUT2D eigenvalue weighted by Gasteiger charge is 2.28. The van der Waals surface area contributed by atoms with E-state index < -0.39 is 5.97 Å². The lowest BCUT2D eigenvalue weighted by Crippen LogP contribution is -2.17. The maximum absolute atomic E-state index is 12.4. The van der Waals surface area contributed by atoms with Crippen molar-refractivity contribution in [2.75, 3.05) is 6.61 Å². The Morgan fingerprint density at radius 1 is 1.22 bits per heavy atom. The summed E-state index contributed by atoms with van der Waals surface area (Å²) < 4.78 is 7.15. The van der Waals surface area contributed by atoms with Crippen LogP contribution in [0.2, 0.25) is 0 Å². The zero-order chi connectivity index (χ0) is 19.2. The minimum absolute atomic E-state index is 0.150. The first-order valence-electron chi connectivity index (χ1n) is 9.09. The van der Waals surface area contributed by atoms with E-state index in [1.54, 1.807) is 13.3 Å². The Hall–Kier alpha value is -3.02. The van der Waals surface area contributed by atoms with Gasteiger partial charge in [-0.1, -0.05) is 39.0 Å². The molecule has 0 fully saturated rings. The molecule has 0 amide bonds. The fourth-order valence-electron chi connectivity index (χ4n) is 3.32. The van der Waals surface area contributed by atoms with Gasteiger partial charge in [0, 0.05) is 29.2 Å². The van der Waals surface area contributed by atoms with Crippen molar-refractivity contribution in [2.24, 2.45) is 0 Å². The van der Waals surface area contributed by atoms with Crippen LogP contribution in [0.3, 0.4) is 0 Å². The summed E-state index contributed by atoms with van der Waals surface area (Å²) in [6.07, 6.45) is 4.07. The Bertz CT molecular complexity index is 1030. The van der Waals surface area contributed by atoms with Gasteiger partial charge in [0.15, 0.2) is 5.69 Å². The van der Waals surface area contributed by atoms with Crippen LogP contribution in [0.4, 0.5) is 0 Å². The van der Waals surface area contributed by atoms with Crippen LogP contribution in [0.1, 0.15) is 55.3 Å². The van der Waals surface area contributed by atoms with Gasteiger partial charge in [-0.05, 0) is 13.0 Å². The maximum atomic E-state index is 12.4. The van der Waals surface area contributed by atoms with Gasteiger partial charge in [0.25, 0.3) is 0 Å². The third kappa shape index (κ3) is 2.91. The van der Waals surface area contributed by atoms with E-state index in [1.165, 1.54) is 0 Å². The number of aromatic nitrogens is 4. The van der Waals surface area contributed by atoms with Crippen molar-refractivity contribution in [2.45, 2.75) is 39.5 Å². The third-order valence-electron chi connectivity index (χ3n) is 4.65. The molecule has 138 valence electrons. The number of ether oxygens (including phenoxy) is 1. The number of carbonyl (C=O) groups is 1. The summed E-state index contributed by atoms with van der Waals surface area (Å²) in [6, 6.07) is 8.04.